The van der Waals surface area contributed by atoms with Crippen LogP contribution in [0.4, 0.5) is 0 Å². The van der Waals surface area contributed by atoms with E-state index < -0.39 is 0 Å². The van der Waals surface area contributed by atoms with Gasteiger partial charge < -0.3 is 20.5 Å². The van der Waals surface area contributed by atoms with Crippen molar-refractivity contribution in [2.75, 3.05) is 20.2 Å². The SMILES string of the molecule is COc1cccc(C(=O)N2CCCC(C)C2CN)c1O. The van der Waals surface area contributed by atoms with Crippen molar-refractivity contribution in [1.29, 1.82) is 0 Å². The zero-order valence-corrected chi connectivity index (χ0v) is 12.0. The fraction of sp³-hybridized carbons (Fsp3) is 0.533. The van der Waals surface area contributed by atoms with Crippen molar-refractivity contribution >= 4 is 5.91 Å². The second-order valence-corrected chi connectivity index (χ2v) is 5.28. The average molecular weight is 278 g/mol. The number of amides is 1. The monoisotopic (exact) mass is 278 g/mol. The van der Waals surface area contributed by atoms with Crippen LogP contribution in [0.25, 0.3) is 0 Å². The minimum Gasteiger partial charge on any atom is -0.504 e. The molecule has 0 saturated carbocycles. The fourth-order valence-corrected chi connectivity index (χ4v) is 2.88. The Balaban J connectivity index is 2.30. The molecule has 0 spiro atoms. The molecule has 3 N–H and O–H groups in total. The van der Waals surface area contributed by atoms with Crippen LogP contribution in [0.15, 0.2) is 18.2 Å². The van der Waals surface area contributed by atoms with Gasteiger partial charge in [-0.3, -0.25) is 4.79 Å². The molecule has 20 heavy (non-hydrogen) atoms. The van der Waals surface area contributed by atoms with E-state index in [0.717, 1.165) is 12.8 Å². The number of nitrogens with two attached hydrogens (primary N) is 1. The number of piperidine rings is 1. The maximum Gasteiger partial charge on any atom is 0.258 e. The van der Waals surface area contributed by atoms with E-state index in [1.165, 1.54) is 7.11 Å². The van der Waals surface area contributed by atoms with Crippen molar-refractivity contribution in [2.24, 2.45) is 11.7 Å². The molecule has 0 aliphatic carbocycles. The van der Waals surface area contributed by atoms with Crippen molar-refractivity contribution in [3.63, 3.8) is 0 Å². The van der Waals surface area contributed by atoms with E-state index >= 15 is 0 Å². The Kier molecular flexibility index (Phi) is 4.49. The lowest BCUT2D eigenvalue weighted by molar-refractivity contribution is 0.0529. The van der Waals surface area contributed by atoms with Crippen LogP contribution in [0.1, 0.15) is 30.1 Å². The number of benzene rings is 1. The molecule has 1 aromatic carbocycles. The van der Waals surface area contributed by atoms with E-state index in [9.17, 15) is 9.90 Å². The number of methoxy groups -OCH3 is 1. The minimum absolute atomic E-state index is 0.0295. The van der Waals surface area contributed by atoms with Gasteiger partial charge in [-0.1, -0.05) is 13.0 Å². The number of nitrogens with zero attached hydrogens (tertiary/aromatic N) is 1. The largest absolute Gasteiger partial charge is 0.504 e. The standard InChI is InChI=1S/C15H22N2O3/c1-10-5-4-8-17(12(10)9-16)15(19)11-6-3-7-13(20-2)14(11)18/h3,6-7,10,12,18H,4-5,8-9,16H2,1-2H3. The van der Waals surface area contributed by atoms with Crippen LogP contribution in [-0.4, -0.2) is 42.2 Å². The number of aromatic hydroxyl groups is 1. The summed E-state index contributed by atoms with van der Waals surface area (Å²) in [7, 11) is 1.47. The van der Waals surface area contributed by atoms with Gasteiger partial charge in [-0.25, -0.2) is 0 Å². The normalized spacial score (nSPS) is 22.6. The molecule has 2 rings (SSSR count). The van der Waals surface area contributed by atoms with Crippen molar-refractivity contribution in [3.8, 4) is 11.5 Å². The van der Waals surface area contributed by atoms with Crippen LogP contribution >= 0.6 is 0 Å². The first-order valence-electron chi connectivity index (χ1n) is 6.97. The highest BCUT2D eigenvalue weighted by molar-refractivity contribution is 5.98. The number of hydrogen-bond donors (Lipinski definition) is 2. The summed E-state index contributed by atoms with van der Waals surface area (Å²) in [5.41, 5.74) is 6.09. The predicted octanol–water partition coefficient (Wildman–Crippen LogP) is 1.60. The molecule has 110 valence electrons. The number of para-hydroxylation sites is 1. The quantitative estimate of drug-likeness (QED) is 0.880. The Morgan fingerprint density at radius 3 is 2.95 bits per heavy atom. The summed E-state index contributed by atoms with van der Waals surface area (Å²) in [5, 5.41) is 10.1. The van der Waals surface area contributed by atoms with Gasteiger partial charge in [-0.05, 0) is 30.9 Å². The topological polar surface area (TPSA) is 75.8 Å². The molecule has 5 heteroatoms. The van der Waals surface area contributed by atoms with Crippen molar-refractivity contribution < 1.29 is 14.6 Å². The van der Waals surface area contributed by atoms with Gasteiger partial charge in [0, 0.05) is 19.1 Å². The van der Waals surface area contributed by atoms with Gasteiger partial charge in [0.25, 0.3) is 5.91 Å². The van der Waals surface area contributed by atoms with Crippen LogP contribution < -0.4 is 10.5 Å². The van der Waals surface area contributed by atoms with Crippen molar-refractivity contribution in [1.82, 2.24) is 4.90 Å². The first kappa shape index (κ1) is 14.7. The third-order valence-electron chi connectivity index (χ3n) is 4.07. The van der Waals surface area contributed by atoms with Crippen LogP contribution in [0.5, 0.6) is 11.5 Å². The summed E-state index contributed by atoms with van der Waals surface area (Å²) in [4.78, 5) is 14.4. The molecule has 1 saturated heterocycles. The Labute approximate surface area is 119 Å². The molecule has 2 atom stereocenters. The molecule has 1 fully saturated rings. The molecule has 1 heterocycles. The lowest BCUT2D eigenvalue weighted by Crippen LogP contribution is -2.51. The number of rotatable bonds is 3. The molecular weight excluding hydrogens is 256 g/mol. The zero-order valence-electron chi connectivity index (χ0n) is 12.0. The van der Waals surface area contributed by atoms with Gasteiger partial charge in [0.1, 0.15) is 0 Å². The van der Waals surface area contributed by atoms with Crippen LogP contribution in [0.3, 0.4) is 0 Å². The molecular formula is C15H22N2O3. The highest BCUT2D eigenvalue weighted by Crippen LogP contribution is 2.32. The van der Waals surface area contributed by atoms with E-state index in [-0.39, 0.29) is 23.3 Å². The van der Waals surface area contributed by atoms with Gasteiger partial charge in [0.15, 0.2) is 11.5 Å². The molecule has 0 bridgehead atoms. The molecule has 0 aromatic heterocycles. The number of likely N-dealkylation sites (tertiary alicyclic amines) is 1. The summed E-state index contributed by atoms with van der Waals surface area (Å²) in [6.45, 7) is 3.24. The van der Waals surface area contributed by atoms with Crippen LogP contribution in [0, 0.1) is 5.92 Å². The van der Waals surface area contributed by atoms with Gasteiger partial charge >= 0.3 is 0 Å². The predicted molar refractivity (Wildman–Crippen MR) is 76.9 cm³/mol. The van der Waals surface area contributed by atoms with E-state index in [1.807, 2.05) is 0 Å². The average Bonchev–Trinajstić information content (AvgIpc) is 2.46. The summed E-state index contributed by atoms with van der Waals surface area (Å²) >= 11 is 0. The second-order valence-electron chi connectivity index (χ2n) is 5.28. The highest BCUT2D eigenvalue weighted by Gasteiger charge is 2.32. The Morgan fingerprint density at radius 2 is 2.30 bits per heavy atom. The number of ether oxygens (including phenoxy) is 1. The first-order valence-corrected chi connectivity index (χ1v) is 6.97. The lowest BCUT2D eigenvalue weighted by atomic mass is 9.90. The number of hydrogen-bond acceptors (Lipinski definition) is 4. The van der Waals surface area contributed by atoms with Crippen LogP contribution in [0.2, 0.25) is 0 Å². The lowest BCUT2D eigenvalue weighted by Gasteiger charge is -2.39. The van der Waals surface area contributed by atoms with Gasteiger partial charge in [-0.2, -0.15) is 0 Å². The van der Waals surface area contributed by atoms with Crippen molar-refractivity contribution in [3.05, 3.63) is 23.8 Å². The first-order chi connectivity index (χ1) is 9.60. The number of phenolic OH excluding ortho intramolecular Hbond substituents is 1. The summed E-state index contributed by atoms with van der Waals surface area (Å²) in [6.07, 6.45) is 2.05. The zero-order chi connectivity index (χ0) is 14.7. The molecule has 1 aliphatic heterocycles. The maximum atomic E-state index is 12.7. The molecule has 0 radical (unpaired) electrons. The van der Waals surface area contributed by atoms with Gasteiger partial charge in [0.2, 0.25) is 0 Å². The number of phenols is 1. The smallest absolute Gasteiger partial charge is 0.258 e. The van der Waals surface area contributed by atoms with E-state index in [1.54, 1.807) is 23.1 Å². The van der Waals surface area contributed by atoms with E-state index in [0.29, 0.717) is 24.8 Å². The minimum atomic E-state index is -0.177. The van der Waals surface area contributed by atoms with Crippen molar-refractivity contribution in [2.45, 2.75) is 25.8 Å². The molecule has 2 unspecified atom stereocenters. The van der Waals surface area contributed by atoms with E-state index in [4.69, 9.17) is 10.5 Å². The molecule has 5 nitrogen and oxygen atoms in total. The highest BCUT2D eigenvalue weighted by atomic mass is 16.5. The summed E-state index contributed by atoms with van der Waals surface area (Å²) in [6, 6.07) is 4.98. The Bertz CT molecular complexity index is 490. The summed E-state index contributed by atoms with van der Waals surface area (Å²) < 4.78 is 5.05. The Morgan fingerprint density at radius 1 is 1.55 bits per heavy atom. The Hall–Kier alpha value is -1.75. The molecule has 1 aliphatic rings. The van der Waals surface area contributed by atoms with Gasteiger partial charge in [-0.15, -0.1) is 0 Å². The molecule has 1 aromatic rings. The van der Waals surface area contributed by atoms with Crippen LogP contribution in [-0.2, 0) is 0 Å². The second kappa shape index (κ2) is 6.13. The maximum absolute atomic E-state index is 12.7. The van der Waals surface area contributed by atoms with Gasteiger partial charge in [0.05, 0.1) is 12.7 Å². The number of carbonyl (C=O) groups is 1. The van der Waals surface area contributed by atoms with E-state index in [2.05, 4.69) is 6.92 Å². The third-order valence-corrected chi connectivity index (χ3v) is 4.07. The number of carbonyl (C=O) groups excluding carboxylic acids is 1. The third kappa shape index (κ3) is 2.58. The summed E-state index contributed by atoms with van der Waals surface area (Å²) in [5.74, 6) is 0.410. The molecule has 1 amide bonds. The fourth-order valence-electron chi connectivity index (χ4n) is 2.88.